The van der Waals surface area contributed by atoms with Gasteiger partial charge in [-0.1, -0.05) is 24.3 Å². The quantitative estimate of drug-likeness (QED) is 0.431. The number of benzene rings is 1. The molecule has 0 aliphatic carbocycles. The van der Waals surface area contributed by atoms with Crippen molar-refractivity contribution in [1.29, 1.82) is 0 Å². The van der Waals surface area contributed by atoms with Crippen molar-refractivity contribution in [3.63, 3.8) is 0 Å². The van der Waals surface area contributed by atoms with Crippen molar-refractivity contribution >= 4 is 23.9 Å². The lowest BCUT2D eigenvalue weighted by Gasteiger charge is -2.12. The molecule has 2 aromatic rings. The number of aliphatic hydroxyl groups excluding tert-OH is 1. The largest absolute Gasteiger partial charge is 0.364 e. The van der Waals surface area contributed by atoms with Crippen molar-refractivity contribution in [3.05, 3.63) is 65.6 Å². The van der Waals surface area contributed by atoms with Gasteiger partial charge < -0.3 is 15.5 Å². The first kappa shape index (κ1) is 17.5. The first-order valence-corrected chi connectivity index (χ1v) is 7.41. The van der Waals surface area contributed by atoms with Crippen LogP contribution in [0, 0.1) is 6.92 Å². The molecule has 0 atom stereocenters. The molecule has 0 unspecified atom stereocenters. The van der Waals surface area contributed by atoms with E-state index in [0.717, 1.165) is 11.1 Å². The Balaban J connectivity index is 2.35. The molecule has 0 aliphatic rings. The molecule has 6 heteroatoms. The molecule has 0 radical (unpaired) electrons. The van der Waals surface area contributed by atoms with Crippen LogP contribution in [0.5, 0.6) is 0 Å². The van der Waals surface area contributed by atoms with Crippen molar-refractivity contribution < 1.29 is 10.2 Å². The van der Waals surface area contributed by atoms with E-state index in [1.54, 1.807) is 36.7 Å². The number of nitrogens with one attached hydrogen (secondary N) is 1. The minimum Gasteiger partial charge on any atom is -0.364 e. The smallest absolute Gasteiger partial charge is 0.227 e. The maximum Gasteiger partial charge on any atom is 0.227 e. The van der Waals surface area contributed by atoms with Gasteiger partial charge in [-0.3, -0.25) is 4.99 Å². The molecule has 0 saturated carbocycles. The third-order valence-corrected chi connectivity index (χ3v) is 3.33. The number of hydrogen-bond donors (Lipinski definition) is 3. The fourth-order valence-corrected chi connectivity index (χ4v) is 2.11. The predicted octanol–water partition coefficient (Wildman–Crippen LogP) is 3.13. The predicted molar refractivity (Wildman–Crippen MR) is 96.0 cm³/mol. The Morgan fingerprint density at radius 2 is 2.12 bits per heavy atom. The van der Waals surface area contributed by atoms with Crippen LogP contribution in [0.3, 0.4) is 0 Å². The van der Waals surface area contributed by atoms with E-state index in [2.05, 4.69) is 27.0 Å². The molecule has 6 nitrogen and oxygen atoms in total. The SMILES string of the molecule is C=N/C=C(\C=C/C)c1ccnc(Nc2cc(C(O)O)ccc2C)n1. The van der Waals surface area contributed by atoms with Gasteiger partial charge in [0, 0.05) is 29.2 Å². The maximum atomic E-state index is 9.31. The third kappa shape index (κ3) is 4.34. The Bertz CT molecular complexity index is 782. The van der Waals surface area contributed by atoms with Gasteiger partial charge in [0.25, 0.3) is 0 Å². The minimum atomic E-state index is -1.53. The molecule has 0 bridgehead atoms. The standard InChI is InChI=1S/C18H20N4O2/c1-4-5-14(11-19-3)15-8-9-20-18(21-15)22-16-10-13(17(23)24)7-6-12(16)2/h4-11,17,23-24H,3H2,1-2H3,(H,20,21,22)/b5-4-,14-11+. The second-order valence-electron chi connectivity index (χ2n) is 5.11. The molecule has 1 heterocycles. The Hall–Kier alpha value is -2.83. The third-order valence-electron chi connectivity index (χ3n) is 3.33. The van der Waals surface area contributed by atoms with E-state index in [9.17, 15) is 10.2 Å². The highest BCUT2D eigenvalue weighted by Crippen LogP contribution is 2.23. The molecule has 0 amide bonds. The monoisotopic (exact) mass is 324 g/mol. The topological polar surface area (TPSA) is 90.6 Å². The Kier molecular flexibility index (Phi) is 5.95. The summed E-state index contributed by atoms with van der Waals surface area (Å²) in [5, 5.41) is 21.7. The molecule has 1 aromatic heterocycles. The highest BCUT2D eigenvalue weighted by Gasteiger charge is 2.08. The number of anilines is 2. The van der Waals surface area contributed by atoms with Crippen LogP contribution >= 0.6 is 0 Å². The van der Waals surface area contributed by atoms with Crippen LogP contribution in [0.25, 0.3) is 5.57 Å². The summed E-state index contributed by atoms with van der Waals surface area (Å²) >= 11 is 0. The molecule has 0 aliphatic heterocycles. The molecule has 124 valence electrons. The Labute approximate surface area is 141 Å². The number of allylic oxidation sites excluding steroid dienone is 3. The average molecular weight is 324 g/mol. The summed E-state index contributed by atoms with van der Waals surface area (Å²) in [4.78, 5) is 12.5. The number of aliphatic hydroxyl groups is 2. The number of aliphatic imine (C=N–C) groups is 1. The highest BCUT2D eigenvalue weighted by molar-refractivity contribution is 5.72. The number of aromatic nitrogens is 2. The van der Waals surface area contributed by atoms with Crippen molar-refractivity contribution in [3.8, 4) is 0 Å². The summed E-state index contributed by atoms with van der Waals surface area (Å²) in [6.07, 6.45) is 5.52. The molecule has 1 aromatic carbocycles. The molecule has 0 fully saturated rings. The van der Waals surface area contributed by atoms with E-state index in [-0.39, 0.29) is 0 Å². The molecule has 24 heavy (non-hydrogen) atoms. The van der Waals surface area contributed by atoms with E-state index in [1.807, 2.05) is 26.0 Å². The summed E-state index contributed by atoms with van der Waals surface area (Å²) in [5.41, 5.74) is 3.55. The fraction of sp³-hybridized carbons (Fsp3) is 0.167. The van der Waals surface area contributed by atoms with Crippen LogP contribution in [0.2, 0.25) is 0 Å². The normalized spacial score (nSPS) is 12.0. The zero-order chi connectivity index (χ0) is 17.5. The van der Waals surface area contributed by atoms with E-state index >= 15 is 0 Å². The van der Waals surface area contributed by atoms with Crippen molar-refractivity contribution in [2.45, 2.75) is 20.1 Å². The summed E-state index contributed by atoms with van der Waals surface area (Å²) in [6.45, 7) is 7.29. The van der Waals surface area contributed by atoms with E-state index in [1.165, 1.54) is 0 Å². The zero-order valence-corrected chi connectivity index (χ0v) is 13.6. The van der Waals surface area contributed by atoms with Crippen LogP contribution in [-0.4, -0.2) is 26.9 Å². The van der Waals surface area contributed by atoms with Crippen molar-refractivity contribution in [2.24, 2.45) is 4.99 Å². The fourth-order valence-electron chi connectivity index (χ4n) is 2.11. The Morgan fingerprint density at radius 3 is 2.79 bits per heavy atom. The van der Waals surface area contributed by atoms with Gasteiger partial charge in [-0.05, 0) is 38.3 Å². The maximum absolute atomic E-state index is 9.31. The molecule has 2 rings (SSSR count). The zero-order valence-electron chi connectivity index (χ0n) is 13.6. The van der Waals surface area contributed by atoms with E-state index in [4.69, 9.17) is 0 Å². The lowest BCUT2D eigenvalue weighted by atomic mass is 10.1. The first-order chi connectivity index (χ1) is 11.5. The van der Waals surface area contributed by atoms with Crippen LogP contribution < -0.4 is 5.32 Å². The van der Waals surface area contributed by atoms with Crippen LogP contribution in [-0.2, 0) is 0 Å². The average Bonchev–Trinajstić information content (AvgIpc) is 2.57. The second-order valence-corrected chi connectivity index (χ2v) is 5.11. The van der Waals surface area contributed by atoms with Crippen molar-refractivity contribution in [2.75, 3.05) is 5.32 Å². The van der Waals surface area contributed by atoms with Gasteiger partial charge in [-0.2, -0.15) is 0 Å². The number of aryl methyl sites for hydroxylation is 1. The molecule has 0 saturated heterocycles. The summed E-state index contributed by atoms with van der Waals surface area (Å²) < 4.78 is 0. The van der Waals surface area contributed by atoms with E-state index < -0.39 is 6.29 Å². The van der Waals surface area contributed by atoms with Crippen molar-refractivity contribution in [1.82, 2.24) is 9.97 Å². The lowest BCUT2D eigenvalue weighted by molar-refractivity contribution is -0.0424. The first-order valence-electron chi connectivity index (χ1n) is 7.41. The minimum absolute atomic E-state index is 0.393. The number of nitrogens with zero attached hydrogens (tertiary/aromatic N) is 3. The molecular weight excluding hydrogens is 304 g/mol. The van der Waals surface area contributed by atoms with Crippen LogP contribution in [0.4, 0.5) is 11.6 Å². The van der Waals surface area contributed by atoms with Gasteiger partial charge in [0.05, 0.1) is 5.69 Å². The van der Waals surface area contributed by atoms with Gasteiger partial charge in [-0.25, -0.2) is 9.97 Å². The molecule has 0 spiro atoms. The number of rotatable bonds is 6. The summed E-state index contributed by atoms with van der Waals surface area (Å²) in [5.74, 6) is 0.402. The van der Waals surface area contributed by atoms with Gasteiger partial charge >= 0.3 is 0 Å². The Morgan fingerprint density at radius 1 is 1.33 bits per heavy atom. The van der Waals surface area contributed by atoms with Gasteiger partial charge in [0.2, 0.25) is 5.95 Å². The number of hydrogen-bond acceptors (Lipinski definition) is 6. The lowest BCUT2D eigenvalue weighted by Crippen LogP contribution is -2.02. The molecular formula is C18H20N4O2. The van der Waals surface area contributed by atoms with E-state index in [0.29, 0.717) is 22.9 Å². The van der Waals surface area contributed by atoms with Crippen LogP contribution in [0.15, 0.2) is 53.8 Å². The van der Waals surface area contributed by atoms with Gasteiger partial charge in [0.1, 0.15) is 0 Å². The van der Waals surface area contributed by atoms with Crippen LogP contribution in [0.1, 0.15) is 30.0 Å². The summed E-state index contributed by atoms with van der Waals surface area (Å²) in [6, 6.07) is 6.89. The summed E-state index contributed by atoms with van der Waals surface area (Å²) in [7, 11) is 0. The highest BCUT2D eigenvalue weighted by atomic mass is 16.5. The molecule has 3 N–H and O–H groups in total. The van der Waals surface area contributed by atoms with Gasteiger partial charge in [-0.15, -0.1) is 0 Å². The second kappa shape index (κ2) is 8.14. The van der Waals surface area contributed by atoms with Gasteiger partial charge in [0.15, 0.2) is 6.29 Å².